The first-order chi connectivity index (χ1) is 8.50. The molecule has 5 heteroatoms. The van der Waals surface area contributed by atoms with Gasteiger partial charge in [0.2, 0.25) is 0 Å². The van der Waals surface area contributed by atoms with E-state index in [9.17, 15) is 12.8 Å². The number of hydrogen-bond donors (Lipinski definition) is 1. The van der Waals surface area contributed by atoms with Crippen molar-refractivity contribution in [2.24, 2.45) is 0 Å². The lowest BCUT2D eigenvalue weighted by Gasteiger charge is -2.20. The molecule has 0 amide bonds. The molecule has 98 valence electrons. The third kappa shape index (κ3) is 3.17. The fourth-order valence-corrected chi connectivity index (χ4v) is 3.33. The highest BCUT2D eigenvalue weighted by Gasteiger charge is 2.23. The topological polar surface area (TPSA) is 46.2 Å². The second-order valence-electron chi connectivity index (χ2n) is 4.44. The van der Waals surface area contributed by atoms with Crippen molar-refractivity contribution in [1.82, 2.24) is 5.32 Å². The smallest absolute Gasteiger partial charge is 0.173 e. The van der Waals surface area contributed by atoms with E-state index in [1.807, 2.05) is 6.92 Å². The van der Waals surface area contributed by atoms with Crippen LogP contribution < -0.4 is 5.32 Å². The Morgan fingerprint density at radius 1 is 1.39 bits per heavy atom. The molecule has 2 atom stereocenters. The molecule has 2 rings (SSSR count). The van der Waals surface area contributed by atoms with Gasteiger partial charge in [-0.1, -0.05) is 25.1 Å². The first kappa shape index (κ1) is 13.2. The Kier molecular flexibility index (Phi) is 3.82. The number of sulfone groups is 1. The maximum atomic E-state index is 12.8. The maximum Gasteiger partial charge on any atom is 0.173 e. The Morgan fingerprint density at radius 3 is 2.56 bits per heavy atom. The van der Waals surface area contributed by atoms with E-state index in [-0.39, 0.29) is 23.7 Å². The minimum Gasteiger partial charge on any atom is -0.303 e. The standard InChI is InChI=1S/C13H16FNO2S/c1-2-13(10-3-5-11(14)6-4-10)15-12-7-8-18(16,17)9-12/h3-8,12-13,15H,2,9H2,1H3. The van der Waals surface area contributed by atoms with Gasteiger partial charge in [0.15, 0.2) is 9.84 Å². The van der Waals surface area contributed by atoms with Crippen molar-refractivity contribution in [3.05, 3.63) is 47.1 Å². The van der Waals surface area contributed by atoms with Crippen LogP contribution in [0.15, 0.2) is 35.7 Å². The summed E-state index contributed by atoms with van der Waals surface area (Å²) in [6.07, 6.45) is 2.48. The van der Waals surface area contributed by atoms with Crippen molar-refractivity contribution >= 4 is 9.84 Å². The summed E-state index contributed by atoms with van der Waals surface area (Å²) in [5, 5.41) is 4.52. The molecule has 1 aromatic carbocycles. The van der Waals surface area contributed by atoms with E-state index in [0.29, 0.717) is 0 Å². The summed E-state index contributed by atoms with van der Waals surface area (Å²) in [4.78, 5) is 0. The zero-order valence-electron chi connectivity index (χ0n) is 10.1. The molecule has 0 radical (unpaired) electrons. The summed E-state index contributed by atoms with van der Waals surface area (Å²) in [6, 6.07) is 6.16. The highest BCUT2D eigenvalue weighted by atomic mass is 32.2. The fourth-order valence-electron chi connectivity index (χ4n) is 2.08. The van der Waals surface area contributed by atoms with E-state index < -0.39 is 9.84 Å². The summed E-state index contributed by atoms with van der Waals surface area (Å²) in [5.41, 5.74) is 0.969. The molecular formula is C13H16FNO2S. The van der Waals surface area contributed by atoms with E-state index in [2.05, 4.69) is 5.32 Å². The van der Waals surface area contributed by atoms with Gasteiger partial charge in [-0.05, 0) is 24.1 Å². The van der Waals surface area contributed by atoms with Gasteiger partial charge < -0.3 is 5.32 Å². The molecule has 0 fully saturated rings. The first-order valence-corrected chi connectivity index (χ1v) is 7.64. The number of benzene rings is 1. The first-order valence-electron chi connectivity index (χ1n) is 5.92. The molecule has 0 aromatic heterocycles. The van der Waals surface area contributed by atoms with Crippen molar-refractivity contribution in [3.63, 3.8) is 0 Å². The highest BCUT2D eigenvalue weighted by Crippen LogP contribution is 2.20. The van der Waals surface area contributed by atoms with Gasteiger partial charge in [-0.15, -0.1) is 0 Å². The molecule has 1 aromatic rings. The number of nitrogens with one attached hydrogen (secondary N) is 1. The predicted octanol–water partition coefficient (Wildman–Crippen LogP) is 2.18. The molecule has 1 aliphatic rings. The summed E-state index contributed by atoms with van der Waals surface area (Å²) < 4.78 is 35.5. The van der Waals surface area contributed by atoms with Crippen molar-refractivity contribution < 1.29 is 12.8 Å². The van der Waals surface area contributed by atoms with Crippen LogP contribution in [-0.2, 0) is 9.84 Å². The molecule has 1 aliphatic heterocycles. The van der Waals surface area contributed by atoms with Crippen LogP contribution in [0, 0.1) is 5.82 Å². The molecular weight excluding hydrogens is 253 g/mol. The van der Waals surface area contributed by atoms with Crippen LogP contribution in [0.2, 0.25) is 0 Å². The molecule has 1 heterocycles. The lowest BCUT2D eigenvalue weighted by Crippen LogP contribution is -2.33. The van der Waals surface area contributed by atoms with Gasteiger partial charge in [-0.2, -0.15) is 0 Å². The van der Waals surface area contributed by atoms with E-state index in [4.69, 9.17) is 0 Å². The molecule has 3 nitrogen and oxygen atoms in total. The highest BCUT2D eigenvalue weighted by molar-refractivity contribution is 7.94. The average molecular weight is 269 g/mol. The Morgan fingerprint density at radius 2 is 2.06 bits per heavy atom. The molecule has 1 N–H and O–H groups in total. The van der Waals surface area contributed by atoms with Gasteiger partial charge in [0.1, 0.15) is 5.82 Å². The Bertz CT molecular complexity index is 537. The van der Waals surface area contributed by atoms with E-state index in [0.717, 1.165) is 12.0 Å². The van der Waals surface area contributed by atoms with E-state index in [1.165, 1.54) is 17.5 Å². The summed E-state index contributed by atoms with van der Waals surface area (Å²) >= 11 is 0. The Balaban J connectivity index is 2.07. The minimum absolute atomic E-state index is 0.0357. The fraction of sp³-hybridized carbons (Fsp3) is 0.385. The normalized spacial score (nSPS) is 23.1. The molecule has 0 saturated heterocycles. The third-order valence-electron chi connectivity index (χ3n) is 3.03. The second kappa shape index (κ2) is 5.20. The van der Waals surface area contributed by atoms with Crippen LogP contribution in [0.25, 0.3) is 0 Å². The van der Waals surface area contributed by atoms with Gasteiger partial charge in [-0.3, -0.25) is 0 Å². The number of hydrogen-bond acceptors (Lipinski definition) is 3. The zero-order valence-corrected chi connectivity index (χ0v) is 11.0. The maximum absolute atomic E-state index is 12.8. The third-order valence-corrected chi connectivity index (χ3v) is 4.42. The van der Waals surface area contributed by atoms with Crippen molar-refractivity contribution in [2.45, 2.75) is 25.4 Å². The van der Waals surface area contributed by atoms with Gasteiger partial charge in [0.05, 0.1) is 5.75 Å². The summed E-state index contributed by atoms with van der Waals surface area (Å²) in [6.45, 7) is 2.01. The lowest BCUT2D eigenvalue weighted by molar-refractivity contribution is 0.490. The van der Waals surface area contributed by atoms with Crippen molar-refractivity contribution in [3.8, 4) is 0 Å². The minimum atomic E-state index is -3.04. The summed E-state index contributed by atoms with van der Waals surface area (Å²) in [5.74, 6) is -0.165. The Hall–Kier alpha value is -1.20. The largest absolute Gasteiger partial charge is 0.303 e. The van der Waals surface area contributed by atoms with Crippen LogP contribution in [0.1, 0.15) is 24.9 Å². The Labute approximate surface area is 107 Å². The van der Waals surface area contributed by atoms with Gasteiger partial charge in [0.25, 0.3) is 0 Å². The number of halogens is 1. The van der Waals surface area contributed by atoms with Crippen molar-refractivity contribution in [1.29, 1.82) is 0 Å². The van der Waals surface area contributed by atoms with Crippen LogP contribution in [-0.4, -0.2) is 20.2 Å². The molecule has 0 aliphatic carbocycles. The van der Waals surface area contributed by atoms with Gasteiger partial charge in [0, 0.05) is 17.5 Å². The quantitative estimate of drug-likeness (QED) is 0.911. The van der Waals surface area contributed by atoms with Crippen LogP contribution in [0.5, 0.6) is 0 Å². The van der Waals surface area contributed by atoms with E-state index in [1.54, 1.807) is 18.2 Å². The SMILES string of the molecule is CCC(NC1C=CS(=O)(=O)C1)c1ccc(F)cc1. The molecule has 0 spiro atoms. The molecule has 18 heavy (non-hydrogen) atoms. The summed E-state index contributed by atoms with van der Waals surface area (Å²) in [7, 11) is -3.04. The van der Waals surface area contributed by atoms with Crippen LogP contribution >= 0.6 is 0 Å². The average Bonchev–Trinajstić information content (AvgIpc) is 2.67. The lowest BCUT2D eigenvalue weighted by atomic mass is 10.0. The van der Waals surface area contributed by atoms with Crippen LogP contribution in [0.4, 0.5) is 4.39 Å². The molecule has 2 unspecified atom stereocenters. The zero-order chi connectivity index (χ0) is 13.2. The van der Waals surface area contributed by atoms with Gasteiger partial charge >= 0.3 is 0 Å². The van der Waals surface area contributed by atoms with Crippen molar-refractivity contribution in [2.75, 3.05) is 5.75 Å². The van der Waals surface area contributed by atoms with Gasteiger partial charge in [-0.25, -0.2) is 12.8 Å². The van der Waals surface area contributed by atoms with E-state index >= 15 is 0 Å². The molecule has 0 bridgehead atoms. The monoisotopic (exact) mass is 269 g/mol. The van der Waals surface area contributed by atoms with Crippen LogP contribution in [0.3, 0.4) is 0 Å². The number of rotatable bonds is 4. The molecule has 0 saturated carbocycles. The predicted molar refractivity (Wildman–Crippen MR) is 69.3 cm³/mol. The second-order valence-corrected chi connectivity index (χ2v) is 6.37.